The summed E-state index contributed by atoms with van der Waals surface area (Å²) >= 11 is 0. The highest BCUT2D eigenvalue weighted by molar-refractivity contribution is 5.75. The lowest BCUT2D eigenvalue weighted by molar-refractivity contribution is -0.153. The molecule has 0 aromatic rings. The zero-order valence-electron chi connectivity index (χ0n) is 12.6. The van der Waals surface area contributed by atoms with Gasteiger partial charge in [0.1, 0.15) is 0 Å². The maximum atomic E-state index is 11.7. The molecular weight excluding hydrogens is 240 g/mol. The summed E-state index contributed by atoms with van der Waals surface area (Å²) < 4.78 is 0. The van der Waals surface area contributed by atoms with Gasteiger partial charge in [-0.1, -0.05) is 19.3 Å². The van der Waals surface area contributed by atoms with Crippen molar-refractivity contribution in [2.75, 3.05) is 33.2 Å². The molecule has 1 heterocycles. The molecule has 2 aliphatic rings. The Balaban J connectivity index is 2.04. The summed E-state index contributed by atoms with van der Waals surface area (Å²) in [6, 6.07) is 0. The molecule has 1 aliphatic carbocycles. The van der Waals surface area contributed by atoms with Crippen LogP contribution in [-0.2, 0) is 4.79 Å². The van der Waals surface area contributed by atoms with Gasteiger partial charge in [0.05, 0.1) is 5.41 Å². The van der Waals surface area contributed by atoms with E-state index in [1.54, 1.807) is 0 Å². The Morgan fingerprint density at radius 1 is 1.16 bits per heavy atom. The minimum Gasteiger partial charge on any atom is -0.481 e. The van der Waals surface area contributed by atoms with Gasteiger partial charge in [-0.15, -0.1) is 0 Å². The van der Waals surface area contributed by atoms with E-state index in [0.717, 1.165) is 51.9 Å². The van der Waals surface area contributed by atoms with Crippen LogP contribution in [0.2, 0.25) is 0 Å². The van der Waals surface area contributed by atoms with Gasteiger partial charge in [0.25, 0.3) is 0 Å². The lowest BCUT2D eigenvalue weighted by Gasteiger charge is -2.48. The number of likely N-dealkylation sites (N-methyl/N-ethyl adjacent to an activating group) is 1. The average molecular weight is 268 g/mol. The van der Waals surface area contributed by atoms with Gasteiger partial charge in [-0.25, -0.2) is 0 Å². The van der Waals surface area contributed by atoms with Gasteiger partial charge in [-0.3, -0.25) is 14.6 Å². The van der Waals surface area contributed by atoms with E-state index in [4.69, 9.17) is 0 Å². The molecule has 0 aromatic heterocycles. The van der Waals surface area contributed by atoms with Crippen LogP contribution in [0.25, 0.3) is 0 Å². The normalized spacial score (nSPS) is 28.2. The van der Waals surface area contributed by atoms with E-state index in [1.165, 1.54) is 6.42 Å². The summed E-state index contributed by atoms with van der Waals surface area (Å²) in [5.41, 5.74) is -0.336. The fourth-order valence-corrected chi connectivity index (χ4v) is 3.57. The highest BCUT2D eigenvalue weighted by atomic mass is 16.4. The van der Waals surface area contributed by atoms with E-state index in [9.17, 15) is 9.90 Å². The number of carboxylic acid groups (broad SMARTS) is 1. The van der Waals surface area contributed by atoms with Crippen molar-refractivity contribution in [2.45, 2.75) is 51.5 Å². The molecule has 1 saturated heterocycles. The maximum absolute atomic E-state index is 11.7. The van der Waals surface area contributed by atoms with Crippen LogP contribution < -0.4 is 0 Å². The minimum atomic E-state index is -0.580. The molecule has 0 aromatic carbocycles. The first-order valence-electron chi connectivity index (χ1n) is 7.53. The van der Waals surface area contributed by atoms with Crippen molar-refractivity contribution in [3.8, 4) is 0 Å². The molecule has 19 heavy (non-hydrogen) atoms. The van der Waals surface area contributed by atoms with E-state index in [2.05, 4.69) is 30.7 Å². The summed E-state index contributed by atoms with van der Waals surface area (Å²) in [5.74, 6) is -0.580. The Bertz CT molecular complexity index is 335. The Kier molecular flexibility index (Phi) is 4.21. The second kappa shape index (κ2) is 5.41. The number of aliphatic carboxylic acids is 1. The summed E-state index contributed by atoms with van der Waals surface area (Å²) in [7, 11) is 2.16. The van der Waals surface area contributed by atoms with Crippen LogP contribution in [0.15, 0.2) is 0 Å². The third kappa shape index (κ3) is 3.11. The molecular formula is C15H28N2O2. The van der Waals surface area contributed by atoms with Crippen molar-refractivity contribution in [3.63, 3.8) is 0 Å². The van der Waals surface area contributed by atoms with Crippen LogP contribution in [0.1, 0.15) is 46.0 Å². The van der Waals surface area contributed by atoms with Gasteiger partial charge < -0.3 is 5.11 Å². The largest absolute Gasteiger partial charge is 0.481 e. The highest BCUT2D eigenvalue weighted by Crippen LogP contribution is 2.38. The second-order valence-electron chi connectivity index (χ2n) is 7.09. The fourth-order valence-electron chi connectivity index (χ4n) is 3.57. The third-order valence-corrected chi connectivity index (χ3v) is 5.19. The van der Waals surface area contributed by atoms with Crippen molar-refractivity contribution in [1.82, 2.24) is 9.80 Å². The van der Waals surface area contributed by atoms with Crippen LogP contribution in [-0.4, -0.2) is 59.6 Å². The van der Waals surface area contributed by atoms with Gasteiger partial charge in [-0.05, 0) is 33.7 Å². The van der Waals surface area contributed by atoms with Crippen LogP contribution in [0.5, 0.6) is 0 Å². The molecule has 4 heteroatoms. The first kappa shape index (κ1) is 14.8. The van der Waals surface area contributed by atoms with Crippen molar-refractivity contribution in [2.24, 2.45) is 5.41 Å². The van der Waals surface area contributed by atoms with Gasteiger partial charge in [-0.2, -0.15) is 0 Å². The van der Waals surface area contributed by atoms with Crippen molar-refractivity contribution in [1.29, 1.82) is 0 Å². The molecule has 2 fully saturated rings. The van der Waals surface area contributed by atoms with Crippen LogP contribution in [0.3, 0.4) is 0 Å². The Morgan fingerprint density at radius 3 is 2.32 bits per heavy atom. The lowest BCUT2D eigenvalue weighted by atomic mass is 9.73. The molecule has 0 spiro atoms. The molecule has 0 bridgehead atoms. The smallest absolute Gasteiger partial charge is 0.310 e. The molecule has 4 nitrogen and oxygen atoms in total. The van der Waals surface area contributed by atoms with Crippen LogP contribution in [0.4, 0.5) is 0 Å². The molecule has 0 atom stereocenters. The van der Waals surface area contributed by atoms with E-state index in [-0.39, 0.29) is 5.54 Å². The summed E-state index contributed by atoms with van der Waals surface area (Å²) in [5, 5.41) is 9.66. The fraction of sp³-hybridized carbons (Fsp3) is 0.933. The molecule has 0 unspecified atom stereocenters. The molecule has 1 N–H and O–H groups in total. The predicted molar refractivity (Wildman–Crippen MR) is 76.3 cm³/mol. The maximum Gasteiger partial charge on any atom is 0.310 e. The molecule has 0 radical (unpaired) electrons. The van der Waals surface area contributed by atoms with Gasteiger partial charge in [0, 0.05) is 31.7 Å². The quantitative estimate of drug-likeness (QED) is 0.851. The number of carbonyl (C=O) groups is 1. The van der Waals surface area contributed by atoms with Crippen molar-refractivity contribution >= 4 is 5.97 Å². The van der Waals surface area contributed by atoms with E-state index in [1.807, 2.05) is 0 Å². The topological polar surface area (TPSA) is 43.8 Å². The number of carboxylic acids is 1. The van der Waals surface area contributed by atoms with E-state index < -0.39 is 11.4 Å². The number of piperazine rings is 1. The van der Waals surface area contributed by atoms with Crippen LogP contribution in [0, 0.1) is 5.41 Å². The third-order valence-electron chi connectivity index (χ3n) is 5.19. The summed E-state index contributed by atoms with van der Waals surface area (Å²) in [6.07, 6.45) is 5.06. The van der Waals surface area contributed by atoms with Gasteiger partial charge >= 0.3 is 5.97 Å². The average Bonchev–Trinajstić information content (AvgIpc) is 2.34. The van der Waals surface area contributed by atoms with Gasteiger partial charge in [0.2, 0.25) is 0 Å². The minimum absolute atomic E-state index is 0.145. The molecule has 0 amide bonds. The summed E-state index contributed by atoms with van der Waals surface area (Å²) in [6.45, 7) is 8.22. The highest BCUT2D eigenvalue weighted by Gasteiger charge is 2.43. The second-order valence-corrected chi connectivity index (χ2v) is 7.09. The first-order chi connectivity index (χ1) is 8.86. The zero-order valence-corrected chi connectivity index (χ0v) is 12.6. The molecule has 110 valence electrons. The van der Waals surface area contributed by atoms with Gasteiger partial charge in [0.15, 0.2) is 0 Å². The number of nitrogens with zero attached hydrogens (tertiary/aromatic N) is 2. The Hall–Kier alpha value is -0.610. The van der Waals surface area contributed by atoms with E-state index >= 15 is 0 Å². The number of rotatable bonds is 3. The monoisotopic (exact) mass is 268 g/mol. The zero-order chi connectivity index (χ0) is 14.1. The Morgan fingerprint density at radius 2 is 1.79 bits per heavy atom. The van der Waals surface area contributed by atoms with Crippen molar-refractivity contribution in [3.05, 3.63) is 0 Å². The Labute approximate surface area is 116 Å². The van der Waals surface area contributed by atoms with E-state index in [0.29, 0.717) is 0 Å². The first-order valence-corrected chi connectivity index (χ1v) is 7.53. The predicted octanol–water partition coefficient (Wildman–Crippen LogP) is 2.05. The van der Waals surface area contributed by atoms with Crippen molar-refractivity contribution < 1.29 is 9.90 Å². The lowest BCUT2D eigenvalue weighted by Crippen LogP contribution is -2.60. The molecule has 1 aliphatic heterocycles. The number of hydrogen-bond donors (Lipinski definition) is 1. The SMILES string of the molecule is CN1CCN(CC2(C(=O)O)CCCCC2)CC1(C)C. The standard InChI is InChI=1S/C15H28N2O2/c1-14(2)11-17(10-9-16(14)3)12-15(13(18)19)7-5-4-6-8-15/h4-12H2,1-3H3,(H,18,19). The van der Waals surface area contributed by atoms with Crippen LogP contribution >= 0.6 is 0 Å². The molecule has 2 rings (SSSR count). The number of hydrogen-bond acceptors (Lipinski definition) is 3. The summed E-state index contributed by atoms with van der Waals surface area (Å²) in [4.78, 5) is 16.5. The molecule has 1 saturated carbocycles.